The third-order valence-corrected chi connectivity index (χ3v) is 3.78. The van der Waals surface area contributed by atoms with E-state index in [2.05, 4.69) is 15.0 Å². The first-order valence-corrected chi connectivity index (χ1v) is 7.85. The Hall–Kier alpha value is -3.27. The Morgan fingerprint density at radius 2 is 1.67 bits per heavy atom. The molecule has 2 heterocycles. The number of nitrogens with one attached hydrogen (secondary N) is 1. The summed E-state index contributed by atoms with van der Waals surface area (Å²) in [4.78, 5) is 17.1. The summed E-state index contributed by atoms with van der Waals surface area (Å²) < 4.78 is 0. The Labute approximate surface area is 140 Å². The first-order chi connectivity index (χ1) is 11.9. The largest absolute Gasteiger partial charge is 0.340 e. The van der Waals surface area contributed by atoms with E-state index < -0.39 is 0 Å². The van der Waals surface area contributed by atoms with Gasteiger partial charge in [0.1, 0.15) is 5.82 Å². The maximum Gasteiger partial charge on any atom is 0.129 e. The lowest BCUT2D eigenvalue weighted by molar-refractivity contribution is 0.957. The van der Waals surface area contributed by atoms with Crippen molar-refractivity contribution in [2.24, 2.45) is 4.99 Å². The number of aromatic nitrogens is 3. The molecule has 0 bridgehead atoms. The Morgan fingerprint density at radius 3 is 2.46 bits per heavy atom. The lowest BCUT2D eigenvalue weighted by atomic mass is 10.1. The number of pyridine rings is 1. The van der Waals surface area contributed by atoms with E-state index in [1.165, 1.54) is 0 Å². The molecule has 0 unspecified atom stereocenters. The third-order valence-electron chi connectivity index (χ3n) is 3.78. The van der Waals surface area contributed by atoms with Gasteiger partial charge in [0.05, 0.1) is 29.0 Å². The first-order valence-electron chi connectivity index (χ1n) is 7.85. The van der Waals surface area contributed by atoms with E-state index in [1.54, 1.807) is 6.20 Å². The summed E-state index contributed by atoms with van der Waals surface area (Å²) in [6, 6.07) is 24.0. The fourth-order valence-corrected chi connectivity index (χ4v) is 2.65. The van der Waals surface area contributed by atoms with Crippen LogP contribution in [0.1, 0.15) is 17.1 Å². The second-order valence-corrected chi connectivity index (χ2v) is 5.45. The molecule has 0 spiro atoms. The molecular weight excluding hydrogens is 296 g/mol. The van der Waals surface area contributed by atoms with Gasteiger partial charge in [0.25, 0.3) is 0 Å². The zero-order valence-electron chi connectivity index (χ0n) is 13.1. The van der Waals surface area contributed by atoms with Crippen LogP contribution in [0.15, 0.2) is 84.0 Å². The van der Waals surface area contributed by atoms with E-state index in [0.29, 0.717) is 6.54 Å². The molecule has 1 N–H and O–H groups in total. The van der Waals surface area contributed by atoms with E-state index in [-0.39, 0.29) is 0 Å². The predicted octanol–water partition coefficient (Wildman–Crippen LogP) is 4.00. The van der Waals surface area contributed by atoms with Gasteiger partial charge in [-0.15, -0.1) is 0 Å². The summed E-state index contributed by atoms with van der Waals surface area (Å²) in [5, 5.41) is 0. The summed E-state index contributed by atoms with van der Waals surface area (Å²) in [6.07, 6.45) is 1.79. The molecule has 4 aromatic rings. The van der Waals surface area contributed by atoms with E-state index in [0.717, 1.165) is 33.8 Å². The van der Waals surface area contributed by atoms with Crippen LogP contribution in [-0.4, -0.2) is 20.7 Å². The number of aromatic amines is 1. The Bertz CT molecular complexity index is 898. The number of para-hydroxylation sites is 2. The monoisotopic (exact) mass is 312 g/mol. The maximum absolute atomic E-state index is 4.79. The highest BCUT2D eigenvalue weighted by Crippen LogP contribution is 2.13. The van der Waals surface area contributed by atoms with Crippen molar-refractivity contribution in [2.45, 2.75) is 6.54 Å². The molecule has 24 heavy (non-hydrogen) atoms. The SMILES string of the molecule is c1ccc(C(=NCc2nc3ccccc3[nH]2)c2ccccn2)cc1. The van der Waals surface area contributed by atoms with Crippen LogP contribution in [0.3, 0.4) is 0 Å². The predicted molar refractivity (Wildman–Crippen MR) is 96.1 cm³/mol. The number of hydrogen-bond acceptors (Lipinski definition) is 3. The van der Waals surface area contributed by atoms with Gasteiger partial charge in [0.15, 0.2) is 0 Å². The summed E-state index contributed by atoms with van der Waals surface area (Å²) in [5.41, 5.74) is 4.77. The van der Waals surface area contributed by atoms with Crippen molar-refractivity contribution in [1.29, 1.82) is 0 Å². The van der Waals surface area contributed by atoms with Crippen molar-refractivity contribution in [2.75, 3.05) is 0 Å². The number of hydrogen-bond donors (Lipinski definition) is 1. The number of rotatable bonds is 4. The van der Waals surface area contributed by atoms with Crippen molar-refractivity contribution in [3.8, 4) is 0 Å². The summed E-state index contributed by atoms with van der Waals surface area (Å²) in [5.74, 6) is 0.848. The number of H-pyrrole nitrogens is 1. The molecule has 0 saturated heterocycles. The zero-order valence-corrected chi connectivity index (χ0v) is 13.1. The smallest absolute Gasteiger partial charge is 0.129 e. The Balaban J connectivity index is 1.71. The van der Waals surface area contributed by atoms with Gasteiger partial charge < -0.3 is 4.98 Å². The average Bonchev–Trinajstić information content (AvgIpc) is 3.07. The van der Waals surface area contributed by atoms with Crippen molar-refractivity contribution < 1.29 is 0 Å². The minimum absolute atomic E-state index is 0.482. The minimum Gasteiger partial charge on any atom is -0.340 e. The van der Waals surface area contributed by atoms with Crippen LogP contribution in [0.25, 0.3) is 11.0 Å². The molecule has 0 aliphatic rings. The summed E-state index contributed by atoms with van der Waals surface area (Å²) in [7, 11) is 0. The maximum atomic E-state index is 4.79. The molecule has 4 rings (SSSR count). The number of benzene rings is 2. The van der Waals surface area contributed by atoms with Gasteiger partial charge in [-0.1, -0.05) is 48.5 Å². The van der Waals surface area contributed by atoms with Crippen molar-refractivity contribution in [3.05, 3.63) is 96.1 Å². The highest BCUT2D eigenvalue weighted by molar-refractivity contribution is 6.11. The van der Waals surface area contributed by atoms with Crippen LogP contribution in [0, 0.1) is 0 Å². The highest BCUT2D eigenvalue weighted by atomic mass is 15.0. The standard InChI is InChI=1S/C20H16N4/c1-2-8-15(9-3-1)20(18-12-6-7-13-21-18)22-14-19-23-16-10-4-5-11-17(16)24-19/h1-13H,14H2,(H,23,24). The molecule has 4 heteroatoms. The summed E-state index contributed by atoms with van der Waals surface area (Å²) in [6.45, 7) is 0.482. The van der Waals surface area contributed by atoms with Crippen LogP contribution in [0.2, 0.25) is 0 Å². The van der Waals surface area contributed by atoms with Crippen molar-refractivity contribution >= 4 is 16.7 Å². The lowest BCUT2D eigenvalue weighted by Crippen LogP contribution is -2.06. The topological polar surface area (TPSA) is 53.9 Å². The lowest BCUT2D eigenvalue weighted by Gasteiger charge is -2.06. The van der Waals surface area contributed by atoms with Crippen molar-refractivity contribution in [1.82, 2.24) is 15.0 Å². The average molecular weight is 312 g/mol. The molecule has 0 fully saturated rings. The number of aliphatic imine (C=N–C) groups is 1. The summed E-state index contributed by atoms with van der Waals surface area (Å²) >= 11 is 0. The quantitative estimate of drug-likeness (QED) is 0.579. The molecular formula is C20H16N4. The second-order valence-electron chi connectivity index (χ2n) is 5.45. The first kappa shape index (κ1) is 14.3. The Morgan fingerprint density at radius 1 is 0.875 bits per heavy atom. The van der Waals surface area contributed by atoms with Gasteiger partial charge in [0.2, 0.25) is 0 Å². The normalized spacial score (nSPS) is 11.8. The highest BCUT2D eigenvalue weighted by Gasteiger charge is 2.08. The fraction of sp³-hybridized carbons (Fsp3) is 0.0500. The van der Waals surface area contributed by atoms with E-state index in [9.17, 15) is 0 Å². The van der Waals surface area contributed by atoms with Crippen LogP contribution < -0.4 is 0 Å². The number of fused-ring (bicyclic) bond motifs is 1. The third kappa shape index (κ3) is 2.94. The molecule has 2 aromatic heterocycles. The molecule has 0 aliphatic carbocycles. The van der Waals surface area contributed by atoms with Crippen molar-refractivity contribution in [3.63, 3.8) is 0 Å². The fourth-order valence-electron chi connectivity index (χ4n) is 2.65. The minimum atomic E-state index is 0.482. The molecule has 116 valence electrons. The van der Waals surface area contributed by atoms with Gasteiger partial charge >= 0.3 is 0 Å². The van der Waals surface area contributed by atoms with Gasteiger partial charge in [-0.3, -0.25) is 9.98 Å². The van der Waals surface area contributed by atoms with E-state index in [4.69, 9.17) is 4.99 Å². The molecule has 0 atom stereocenters. The van der Waals surface area contributed by atoms with Crippen LogP contribution >= 0.6 is 0 Å². The molecule has 0 aliphatic heterocycles. The van der Waals surface area contributed by atoms with E-state index >= 15 is 0 Å². The second kappa shape index (κ2) is 6.46. The van der Waals surface area contributed by atoms with Gasteiger partial charge in [-0.05, 0) is 24.3 Å². The number of nitrogens with zero attached hydrogens (tertiary/aromatic N) is 3. The van der Waals surface area contributed by atoms with Gasteiger partial charge in [-0.2, -0.15) is 0 Å². The Kier molecular flexibility index (Phi) is 3.86. The van der Waals surface area contributed by atoms with Crippen LogP contribution in [0.4, 0.5) is 0 Å². The van der Waals surface area contributed by atoms with Gasteiger partial charge in [0, 0.05) is 11.8 Å². The van der Waals surface area contributed by atoms with Gasteiger partial charge in [-0.25, -0.2) is 4.98 Å². The molecule has 4 nitrogen and oxygen atoms in total. The molecule has 0 radical (unpaired) electrons. The molecule has 2 aromatic carbocycles. The molecule has 0 amide bonds. The van der Waals surface area contributed by atoms with E-state index in [1.807, 2.05) is 72.8 Å². The molecule has 0 saturated carbocycles. The van der Waals surface area contributed by atoms with Crippen LogP contribution in [-0.2, 0) is 6.54 Å². The zero-order chi connectivity index (χ0) is 16.2. The van der Waals surface area contributed by atoms with Crippen LogP contribution in [0.5, 0.6) is 0 Å². The number of imidazole rings is 1.